The Bertz CT molecular complexity index is 549. The molecule has 2 rings (SSSR count). The molecule has 0 amide bonds. The van der Waals surface area contributed by atoms with Crippen LogP contribution < -0.4 is 5.32 Å². The van der Waals surface area contributed by atoms with Crippen molar-refractivity contribution in [2.75, 3.05) is 13.6 Å². The summed E-state index contributed by atoms with van der Waals surface area (Å²) in [5.74, 6) is -0.884. The van der Waals surface area contributed by atoms with Crippen LogP contribution in [0.5, 0.6) is 0 Å². The van der Waals surface area contributed by atoms with Crippen LogP contribution in [0.1, 0.15) is 5.69 Å². The van der Waals surface area contributed by atoms with Gasteiger partial charge >= 0.3 is 0 Å². The van der Waals surface area contributed by atoms with E-state index in [1.807, 2.05) is 7.05 Å². The largest absolute Gasteiger partial charge is 0.319 e. The Morgan fingerprint density at radius 3 is 2.78 bits per heavy atom. The second kappa shape index (κ2) is 5.27. The molecule has 0 radical (unpaired) electrons. The van der Waals surface area contributed by atoms with Crippen LogP contribution in [0.3, 0.4) is 0 Å². The standard InChI is InChI=1S/C13H15F2N3/c1-16-6-5-13-11(8-17-18(13)2)10-7-9(14)3-4-12(10)15/h3-4,7-8,16H,5-6H2,1-2H3. The number of nitrogens with zero attached hydrogens (tertiary/aromatic N) is 2. The minimum absolute atomic E-state index is 0.259. The van der Waals surface area contributed by atoms with E-state index in [1.54, 1.807) is 17.9 Å². The van der Waals surface area contributed by atoms with E-state index in [4.69, 9.17) is 0 Å². The molecule has 1 heterocycles. The molecule has 1 N–H and O–H groups in total. The van der Waals surface area contributed by atoms with Gasteiger partial charge in [-0.15, -0.1) is 0 Å². The number of nitrogens with one attached hydrogen (secondary N) is 1. The zero-order valence-corrected chi connectivity index (χ0v) is 10.4. The summed E-state index contributed by atoms with van der Waals surface area (Å²) in [4.78, 5) is 0. The van der Waals surface area contributed by atoms with E-state index >= 15 is 0 Å². The second-order valence-electron chi connectivity index (χ2n) is 4.11. The van der Waals surface area contributed by atoms with Gasteiger partial charge in [-0.3, -0.25) is 4.68 Å². The zero-order valence-electron chi connectivity index (χ0n) is 10.4. The van der Waals surface area contributed by atoms with Gasteiger partial charge in [0.05, 0.1) is 6.20 Å². The first-order chi connectivity index (χ1) is 8.63. The summed E-state index contributed by atoms with van der Waals surface area (Å²) in [7, 11) is 3.64. The molecule has 0 spiro atoms. The highest BCUT2D eigenvalue weighted by Crippen LogP contribution is 2.27. The van der Waals surface area contributed by atoms with Crippen LogP contribution in [0.2, 0.25) is 0 Å². The van der Waals surface area contributed by atoms with E-state index < -0.39 is 11.6 Å². The molecule has 0 bridgehead atoms. The number of halogens is 2. The van der Waals surface area contributed by atoms with Crippen molar-refractivity contribution in [2.24, 2.45) is 7.05 Å². The van der Waals surface area contributed by atoms with Gasteiger partial charge in [-0.25, -0.2) is 8.78 Å². The normalized spacial score (nSPS) is 10.9. The minimum Gasteiger partial charge on any atom is -0.319 e. The highest BCUT2D eigenvalue weighted by atomic mass is 19.1. The average Bonchev–Trinajstić information content (AvgIpc) is 2.71. The summed E-state index contributed by atoms with van der Waals surface area (Å²) in [5, 5.41) is 7.15. The van der Waals surface area contributed by atoms with Crippen molar-refractivity contribution in [3.63, 3.8) is 0 Å². The van der Waals surface area contributed by atoms with E-state index in [0.717, 1.165) is 24.4 Å². The predicted molar refractivity (Wildman–Crippen MR) is 66.2 cm³/mol. The Morgan fingerprint density at radius 1 is 1.28 bits per heavy atom. The lowest BCUT2D eigenvalue weighted by Gasteiger charge is -2.07. The first-order valence-corrected chi connectivity index (χ1v) is 5.74. The molecular weight excluding hydrogens is 236 g/mol. The minimum atomic E-state index is -0.449. The van der Waals surface area contributed by atoms with Gasteiger partial charge < -0.3 is 5.32 Å². The van der Waals surface area contributed by atoms with Crippen molar-refractivity contribution in [3.05, 3.63) is 41.7 Å². The average molecular weight is 251 g/mol. The maximum absolute atomic E-state index is 13.7. The van der Waals surface area contributed by atoms with Crippen LogP contribution in [0.25, 0.3) is 11.1 Å². The lowest BCUT2D eigenvalue weighted by Crippen LogP contribution is -2.13. The van der Waals surface area contributed by atoms with Crippen LogP contribution in [0, 0.1) is 11.6 Å². The number of benzene rings is 1. The molecule has 0 atom stereocenters. The molecule has 1 aromatic carbocycles. The summed E-state index contributed by atoms with van der Waals surface area (Å²) in [6.07, 6.45) is 2.28. The van der Waals surface area contributed by atoms with Crippen LogP contribution in [-0.2, 0) is 13.5 Å². The Morgan fingerprint density at radius 2 is 2.06 bits per heavy atom. The molecular formula is C13H15F2N3. The number of aromatic nitrogens is 2. The summed E-state index contributed by atoms with van der Waals surface area (Å²) in [6.45, 7) is 0.753. The van der Waals surface area contributed by atoms with Crippen LogP contribution in [-0.4, -0.2) is 23.4 Å². The molecule has 0 saturated carbocycles. The summed E-state index contributed by atoms with van der Waals surface area (Å²) in [6, 6.07) is 3.46. The molecule has 18 heavy (non-hydrogen) atoms. The molecule has 0 fully saturated rings. The highest BCUT2D eigenvalue weighted by molar-refractivity contribution is 5.66. The molecule has 0 aliphatic carbocycles. The molecule has 0 aliphatic rings. The predicted octanol–water partition coefficient (Wildman–Crippen LogP) is 2.13. The molecule has 1 aromatic heterocycles. The van der Waals surface area contributed by atoms with E-state index in [9.17, 15) is 8.78 Å². The number of hydrogen-bond acceptors (Lipinski definition) is 2. The maximum Gasteiger partial charge on any atom is 0.131 e. The topological polar surface area (TPSA) is 29.9 Å². The SMILES string of the molecule is CNCCc1c(-c2cc(F)ccc2F)cnn1C. The highest BCUT2D eigenvalue weighted by Gasteiger charge is 2.14. The van der Waals surface area contributed by atoms with Crippen molar-refractivity contribution in [1.82, 2.24) is 15.1 Å². The van der Waals surface area contributed by atoms with E-state index in [0.29, 0.717) is 12.0 Å². The third kappa shape index (κ3) is 2.41. The Hall–Kier alpha value is -1.75. The van der Waals surface area contributed by atoms with E-state index in [2.05, 4.69) is 10.4 Å². The van der Waals surface area contributed by atoms with Crippen molar-refractivity contribution in [3.8, 4) is 11.1 Å². The Labute approximate surface area is 104 Å². The number of likely N-dealkylation sites (N-methyl/N-ethyl adjacent to an activating group) is 1. The zero-order chi connectivity index (χ0) is 13.1. The van der Waals surface area contributed by atoms with Crippen molar-refractivity contribution in [2.45, 2.75) is 6.42 Å². The quantitative estimate of drug-likeness (QED) is 0.902. The fourth-order valence-corrected chi connectivity index (χ4v) is 1.93. The smallest absolute Gasteiger partial charge is 0.131 e. The Balaban J connectivity index is 2.46. The molecule has 3 nitrogen and oxygen atoms in total. The number of rotatable bonds is 4. The van der Waals surface area contributed by atoms with Gasteiger partial charge in [0, 0.05) is 36.8 Å². The van der Waals surface area contributed by atoms with Crippen LogP contribution in [0.4, 0.5) is 8.78 Å². The first-order valence-electron chi connectivity index (χ1n) is 5.74. The van der Waals surface area contributed by atoms with Gasteiger partial charge in [0.1, 0.15) is 11.6 Å². The van der Waals surface area contributed by atoms with Crippen molar-refractivity contribution in [1.29, 1.82) is 0 Å². The van der Waals surface area contributed by atoms with E-state index in [1.165, 1.54) is 6.07 Å². The van der Waals surface area contributed by atoms with Gasteiger partial charge in [0.2, 0.25) is 0 Å². The summed E-state index contributed by atoms with van der Waals surface area (Å²) < 4.78 is 28.7. The molecule has 2 aromatic rings. The van der Waals surface area contributed by atoms with Gasteiger partial charge in [-0.05, 0) is 25.2 Å². The first kappa shape index (κ1) is 12.7. The lowest BCUT2D eigenvalue weighted by molar-refractivity contribution is 0.602. The molecule has 5 heteroatoms. The summed E-state index contributed by atoms with van der Waals surface area (Å²) in [5.41, 5.74) is 1.79. The monoisotopic (exact) mass is 251 g/mol. The molecule has 0 saturated heterocycles. The van der Waals surface area contributed by atoms with Crippen molar-refractivity contribution >= 4 is 0 Å². The van der Waals surface area contributed by atoms with Crippen LogP contribution in [0.15, 0.2) is 24.4 Å². The van der Waals surface area contributed by atoms with Crippen molar-refractivity contribution < 1.29 is 8.78 Å². The third-order valence-electron chi connectivity index (χ3n) is 2.89. The molecule has 96 valence electrons. The number of aryl methyl sites for hydroxylation is 1. The van der Waals surface area contributed by atoms with Gasteiger partial charge in [-0.2, -0.15) is 5.10 Å². The summed E-state index contributed by atoms with van der Waals surface area (Å²) >= 11 is 0. The van der Waals surface area contributed by atoms with E-state index in [-0.39, 0.29) is 5.56 Å². The van der Waals surface area contributed by atoms with Gasteiger partial charge in [0.15, 0.2) is 0 Å². The second-order valence-corrected chi connectivity index (χ2v) is 4.11. The van der Waals surface area contributed by atoms with Crippen LogP contribution >= 0.6 is 0 Å². The maximum atomic E-state index is 13.7. The van der Waals surface area contributed by atoms with Gasteiger partial charge in [-0.1, -0.05) is 0 Å². The fraction of sp³-hybridized carbons (Fsp3) is 0.308. The van der Waals surface area contributed by atoms with Gasteiger partial charge in [0.25, 0.3) is 0 Å². The molecule has 0 unspecified atom stereocenters. The Kier molecular flexibility index (Phi) is 3.72. The molecule has 0 aliphatic heterocycles. The fourth-order valence-electron chi connectivity index (χ4n) is 1.93. The third-order valence-corrected chi connectivity index (χ3v) is 2.89. The lowest BCUT2D eigenvalue weighted by atomic mass is 10.0. The number of hydrogen-bond donors (Lipinski definition) is 1.